The van der Waals surface area contributed by atoms with Crippen LogP contribution in [0.25, 0.3) is 6.08 Å². The fourth-order valence-corrected chi connectivity index (χ4v) is 7.62. The van der Waals surface area contributed by atoms with E-state index >= 15 is 0 Å². The molecule has 1 amide bonds. The molecular formula is C31H35BrCl2N2O3S. The van der Waals surface area contributed by atoms with E-state index in [1.54, 1.807) is 12.1 Å². The molecule has 2 aromatic carbocycles. The number of nitrogens with zero attached hydrogens (tertiary/aromatic N) is 2. The van der Waals surface area contributed by atoms with Gasteiger partial charge >= 0.3 is 0 Å². The predicted octanol–water partition coefficient (Wildman–Crippen LogP) is 9.67. The van der Waals surface area contributed by atoms with Gasteiger partial charge in [0, 0.05) is 6.04 Å². The lowest BCUT2D eigenvalue weighted by atomic mass is 9.94. The first kappa shape index (κ1) is 29.8. The van der Waals surface area contributed by atoms with Gasteiger partial charge in [-0.1, -0.05) is 67.8 Å². The Labute approximate surface area is 259 Å². The molecule has 0 N–H and O–H groups in total. The number of hydrogen-bond donors (Lipinski definition) is 0. The summed E-state index contributed by atoms with van der Waals surface area (Å²) in [5.41, 5.74) is 1.77. The summed E-state index contributed by atoms with van der Waals surface area (Å²) in [6, 6.07) is 9.90. The Morgan fingerprint density at radius 1 is 1.00 bits per heavy atom. The van der Waals surface area contributed by atoms with Gasteiger partial charge in [-0.25, -0.2) is 0 Å². The van der Waals surface area contributed by atoms with Gasteiger partial charge in [-0.2, -0.15) is 0 Å². The number of ether oxygens (including phenoxy) is 2. The molecule has 3 aliphatic rings. The monoisotopic (exact) mass is 664 g/mol. The van der Waals surface area contributed by atoms with E-state index in [-0.39, 0.29) is 11.9 Å². The fourth-order valence-electron chi connectivity index (χ4n) is 5.61. The molecule has 40 heavy (non-hydrogen) atoms. The van der Waals surface area contributed by atoms with Crippen molar-refractivity contribution in [3.05, 3.63) is 60.9 Å². The Bertz CT molecular complexity index is 1290. The number of rotatable bonds is 8. The number of carbonyl (C=O) groups is 1. The van der Waals surface area contributed by atoms with E-state index in [0.717, 1.165) is 46.5 Å². The maximum Gasteiger partial charge on any atom is 0.266 e. The molecule has 1 aliphatic heterocycles. The molecule has 2 saturated carbocycles. The van der Waals surface area contributed by atoms with Gasteiger partial charge in [0.15, 0.2) is 16.7 Å². The highest BCUT2D eigenvalue weighted by atomic mass is 79.9. The predicted molar refractivity (Wildman–Crippen MR) is 170 cm³/mol. The number of benzene rings is 2. The molecule has 0 aromatic heterocycles. The summed E-state index contributed by atoms with van der Waals surface area (Å²) in [4.78, 5) is 21.7. The number of thioether (sulfide) groups is 1. The molecule has 1 saturated heterocycles. The van der Waals surface area contributed by atoms with Gasteiger partial charge < -0.3 is 9.47 Å². The first-order valence-electron chi connectivity index (χ1n) is 14.3. The maximum atomic E-state index is 13.8. The second kappa shape index (κ2) is 14.0. The van der Waals surface area contributed by atoms with Gasteiger partial charge in [-0.05, 0) is 102 Å². The second-order valence-corrected chi connectivity index (χ2v) is 13.3. The molecule has 0 radical (unpaired) electrons. The van der Waals surface area contributed by atoms with Crippen LogP contribution in [-0.2, 0) is 11.4 Å². The van der Waals surface area contributed by atoms with E-state index in [1.807, 2.05) is 36.1 Å². The van der Waals surface area contributed by atoms with Crippen LogP contribution >= 0.6 is 50.9 Å². The van der Waals surface area contributed by atoms with Crippen molar-refractivity contribution in [1.82, 2.24) is 4.90 Å². The van der Waals surface area contributed by atoms with Crippen LogP contribution in [0.15, 0.2) is 44.7 Å². The Balaban J connectivity index is 1.41. The van der Waals surface area contributed by atoms with Crippen LogP contribution in [-0.4, -0.2) is 34.7 Å². The van der Waals surface area contributed by atoms with Gasteiger partial charge in [0.25, 0.3) is 5.91 Å². The standard InChI is InChI=1S/C31H35BrCl2N2O3S/c1-2-38-27-17-21(15-24(32)29(27)39-19-20-13-14-25(33)26(34)16-20)18-28-30(37)36(23-11-7-4-8-12-23)31(40-28)35-22-9-5-3-6-10-22/h13-18,22-23H,2-12,19H2,1H3. The summed E-state index contributed by atoms with van der Waals surface area (Å²) in [5, 5.41) is 1.88. The van der Waals surface area contributed by atoms with Crippen molar-refractivity contribution in [2.45, 2.75) is 89.8 Å². The zero-order chi connectivity index (χ0) is 28.1. The Morgan fingerprint density at radius 2 is 1.73 bits per heavy atom. The van der Waals surface area contributed by atoms with Gasteiger partial charge in [-0.3, -0.25) is 14.7 Å². The molecule has 214 valence electrons. The molecule has 5 rings (SSSR count). The van der Waals surface area contributed by atoms with Crippen LogP contribution in [0.1, 0.15) is 82.3 Å². The lowest BCUT2D eigenvalue weighted by Crippen LogP contribution is -2.41. The smallest absolute Gasteiger partial charge is 0.266 e. The minimum Gasteiger partial charge on any atom is -0.490 e. The van der Waals surface area contributed by atoms with Crippen molar-refractivity contribution in [2.24, 2.45) is 4.99 Å². The molecule has 5 nitrogen and oxygen atoms in total. The molecule has 0 unspecified atom stereocenters. The van der Waals surface area contributed by atoms with Gasteiger partial charge in [0.1, 0.15) is 6.61 Å². The minimum atomic E-state index is 0.0699. The summed E-state index contributed by atoms with van der Waals surface area (Å²) in [6.45, 7) is 2.73. The van der Waals surface area contributed by atoms with Crippen molar-refractivity contribution >= 4 is 68.0 Å². The lowest BCUT2D eigenvalue weighted by molar-refractivity contribution is -0.124. The van der Waals surface area contributed by atoms with Crippen LogP contribution in [0.5, 0.6) is 11.5 Å². The highest BCUT2D eigenvalue weighted by Gasteiger charge is 2.39. The molecule has 0 spiro atoms. The number of hydrogen-bond acceptors (Lipinski definition) is 5. The van der Waals surface area contributed by atoms with Crippen LogP contribution in [0.4, 0.5) is 0 Å². The number of amides is 1. The van der Waals surface area contributed by atoms with Gasteiger partial charge in [-0.15, -0.1) is 0 Å². The van der Waals surface area contributed by atoms with E-state index in [2.05, 4.69) is 15.9 Å². The van der Waals surface area contributed by atoms with E-state index < -0.39 is 0 Å². The average molecular weight is 667 g/mol. The lowest BCUT2D eigenvalue weighted by Gasteiger charge is -2.31. The molecule has 2 aliphatic carbocycles. The Kier molecular flexibility index (Phi) is 10.4. The topological polar surface area (TPSA) is 51.1 Å². The normalized spacial score (nSPS) is 21.0. The van der Waals surface area contributed by atoms with E-state index in [0.29, 0.717) is 45.7 Å². The zero-order valence-corrected chi connectivity index (χ0v) is 26.7. The molecule has 1 heterocycles. The third-order valence-corrected chi connectivity index (χ3v) is 9.97. The number of halogens is 3. The minimum absolute atomic E-state index is 0.0699. The number of aliphatic imine (C=N–C) groups is 1. The van der Waals surface area contributed by atoms with E-state index in [9.17, 15) is 4.79 Å². The van der Waals surface area contributed by atoms with E-state index in [4.69, 9.17) is 37.7 Å². The Hall–Kier alpha value is -1.67. The fraction of sp³-hybridized carbons (Fsp3) is 0.484. The second-order valence-electron chi connectivity index (χ2n) is 10.6. The van der Waals surface area contributed by atoms with Gasteiger partial charge in [0.2, 0.25) is 0 Å². The summed E-state index contributed by atoms with van der Waals surface area (Å²) in [5.74, 6) is 1.28. The highest BCUT2D eigenvalue weighted by molar-refractivity contribution is 9.10. The summed E-state index contributed by atoms with van der Waals surface area (Å²) in [6.07, 6.45) is 13.6. The average Bonchev–Trinajstić information content (AvgIpc) is 3.25. The molecule has 2 aromatic rings. The molecule has 9 heteroatoms. The van der Waals surface area contributed by atoms with Crippen LogP contribution < -0.4 is 9.47 Å². The van der Waals surface area contributed by atoms with Crippen LogP contribution in [0, 0.1) is 0 Å². The quantitative estimate of drug-likeness (QED) is 0.264. The third-order valence-electron chi connectivity index (χ3n) is 7.64. The molecule has 0 bridgehead atoms. The first-order valence-corrected chi connectivity index (χ1v) is 16.6. The van der Waals surface area contributed by atoms with Crippen molar-refractivity contribution in [3.8, 4) is 11.5 Å². The van der Waals surface area contributed by atoms with Crippen molar-refractivity contribution in [2.75, 3.05) is 6.61 Å². The summed E-state index contributed by atoms with van der Waals surface area (Å²) < 4.78 is 12.9. The molecule has 0 atom stereocenters. The summed E-state index contributed by atoms with van der Waals surface area (Å²) >= 11 is 17.4. The highest BCUT2D eigenvalue weighted by Crippen LogP contribution is 2.42. The van der Waals surface area contributed by atoms with Crippen molar-refractivity contribution in [3.63, 3.8) is 0 Å². The van der Waals surface area contributed by atoms with Gasteiger partial charge in [0.05, 0.1) is 32.1 Å². The van der Waals surface area contributed by atoms with Crippen molar-refractivity contribution < 1.29 is 14.3 Å². The van der Waals surface area contributed by atoms with Crippen LogP contribution in [0.2, 0.25) is 10.0 Å². The Morgan fingerprint density at radius 3 is 2.42 bits per heavy atom. The van der Waals surface area contributed by atoms with Crippen molar-refractivity contribution in [1.29, 1.82) is 0 Å². The maximum absolute atomic E-state index is 13.8. The third kappa shape index (κ3) is 7.21. The largest absolute Gasteiger partial charge is 0.490 e. The van der Waals surface area contributed by atoms with Crippen LogP contribution in [0.3, 0.4) is 0 Å². The molecule has 3 fully saturated rings. The molecular weight excluding hydrogens is 631 g/mol. The zero-order valence-electron chi connectivity index (χ0n) is 22.8. The summed E-state index contributed by atoms with van der Waals surface area (Å²) in [7, 11) is 0. The number of carbonyl (C=O) groups excluding carboxylic acids is 1. The number of amidine groups is 1. The SMILES string of the molecule is CCOc1cc(C=C2SC(=NC3CCCCC3)N(C3CCCCC3)C2=O)cc(Br)c1OCc1ccc(Cl)c(Cl)c1. The first-order chi connectivity index (χ1) is 19.4. The van der Waals surface area contributed by atoms with E-state index in [1.165, 1.54) is 50.3 Å².